The van der Waals surface area contributed by atoms with E-state index < -0.39 is 5.97 Å². The van der Waals surface area contributed by atoms with Gasteiger partial charge in [-0.05, 0) is 44.4 Å². The Labute approximate surface area is 174 Å². The van der Waals surface area contributed by atoms with Crippen LogP contribution < -0.4 is 4.90 Å². The molecule has 1 aromatic heterocycles. The first-order chi connectivity index (χ1) is 13.5. The maximum absolute atomic E-state index is 12.2. The second-order valence-corrected chi connectivity index (χ2v) is 7.69. The van der Waals surface area contributed by atoms with Crippen molar-refractivity contribution in [1.29, 1.82) is 0 Å². The maximum Gasteiger partial charge on any atom is 0.358 e. The smallest absolute Gasteiger partial charge is 0.358 e. The molecule has 1 aliphatic heterocycles. The summed E-state index contributed by atoms with van der Waals surface area (Å²) >= 11 is 3.63. The summed E-state index contributed by atoms with van der Waals surface area (Å²) in [5.74, 6) is -0.412. The van der Waals surface area contributed by atoms with Gasteiger partial charge in [0.1, 0.15) is 0 Å². The number of carbonyl (C=O) groups is 1. The zero-order valence-corrected chi connectivity index (χ0v) is 18.0. The Bertz CT molecular complexity index is 857. The van der Waals surface area contributed by atoms with Crippen LogP contribution in [0.1, 0.15) is 34.6 Å². The molecule has 0 amide bonds. The molecular weight excluding hydrogens is 422 g/mol. The summed E-state index contributed by atoms with van der Waals surface area (Å²) in [6.45, 7) is 8.89. The second-order valence-electron chi connectivity index (χ2n) is 6.77. The number of carbonyl (C=O) groups excluding carboxylic acids is 1. The van der Waals surface area contributed by atoms with Gasteiger partial charge in [-0.2, -0.15) is 5.10 Å². The molecule has 0 unspecified atom stereocenters. The Morgan fingerprint density at radius 1 is 1.32 bits per heavy atom. The Hall–Kier alpha value is -2.12. The summed E-state index contributed by atoms with van der Waals surface area (Å²) in [6.07, 6.45) is 4.57. The fourth-order valence-corrected chi connectivity index (χ4v) is 3.90. The van der Waals surface area contributed by atoms with Crippen LogP contribution in [0.25, 0.3) is 5.69 Å². The maximum atomic E-state index is 12.2. The second kappa shape index (κ2) is 9.39. The van der Waals surface area contributed by atoms with Gasteiger partial charge < -0.3 is 14.4 Å². The molecule has 0 N–H and O–H groups in total. The Morgan fingerprint density at radius 2 is 2.04 bits per heavy atom. The lowest BCUT2D eigenvalue weighted by atomic mass is 10.1. The van der Waals surface area contributed by atoms with Crippen molar-refractivity contribution in [3.05, 3.63) is 52.3 Å². The largest absolute Gasteiger partial charge is 0.464 e. The number of methoxy groups -OCH3 is 1. The molecule has 2 heterocycles. The average molecular weight is 448 g/mol. The van der Waals surface area contributed by atoms with Crippen molar-refractivity contribution >= 4 is 27.6 Å². The number of halogens is 1. The number of hydrogen-bond acceptors (Lipinski definition) is 5. The van der Waals surface area contributed by atoms with Gasteiger partial charge >= 0.3 is 5.97 Å². The van der Waals surface area contributed by atoms with Gasteiger partial charge in [0.25, 0.3) is 0 Å². The summed E-state index contributed by atoms with van der Waals surface area (Å²) in [4.78, 5) is 14.5. The highest BCUT2D eigenvalue weighted by atomic mass is 79.9. The van der Waals surface area contributed by atoms with Crippen LogP contribution >= 0.6 is 15.9 Å². The van der Waals surface area contributed by atoms with Crippen molar-refractivity contribution in [2.24, 2.45) is 0 Å². The molecule has 0 bridgehead atoms. The van der Waals surface area contributed by atoms with E-state index in [1.165, 1.54) is 7.11 Å². The molecule has 0 atom stereocenters. The molecule has 0 saturated carbocycles. The lowest BCUT2D eigenvalue weighted by Crippen LogP contribution is -2.36. The summed E-state index contributed by atoms with van der Waals surface area (Å²) in [7, 11) is 1.38. The number of hydrogen-bond donors (Lipinski definition) is 0. The molecule has 2 aromatic rings. The zero-order valence-electron chi connectivity index (χ0n) is 16.4. The van der Waals surface area contributed by atoms with E-state index in [1.54, 1.807) is 0 Å². The molecule has 6 nitrogen and oxygen atoms in total. The lowest BCUT2D eigenvalue weighted by molar-refractivity contribution is 0.0592. The summed E-state index contributed by atoms with van der Waals surface area (Å²) in [5.41, 5.74) is 4.28. The van der Waals surface area contributed by atoms with E-state index in [0.29, 0.717) is 5.69 Å². The van der Waals surface area contributed by atoms with Crippen LogP contribution in [0.15, 0.2) is 35.3 Å². The number of morpholine rings is 1. The van der Waals surface area contributed by atoms with Crippen LogP contribution in [0.4, 0.5) is 5.69 Å². The van der Waals surface area contributed by atoms with Gasteiger partial charge in [0.05, 0.1) is 26.0 Å². The standard InChI is InChI=1S/C21H26BrN3O3/c1-4-5-6-7-19-15(2)20(21(26)27-3)23-25(19)18-13-16(22)12-17(14-18)24-8-10-28-11-9-24/h4,12-14H,1,5-11H2,2-3H3. The van der Waals surface area contributed by atoms with Crippen LogP contribution in [0.2, 0.25) is 0 Å². The van der Waals surface area contributed by atoms with Crippen LogP contribution in [0.3, 0.4) is 0 Å². The van der Waals surface area contributed by atoms with Gasteiger partial charge in [-0.3, -0.25) is 0 Å². The SMILES string of the molecule is C=CCCCc1c(C)c(C(=O)OC)nn1-c1cc(Br)cc(N2CCOCC2)c1. The minimum absolute atomic E-state index is 0.365. The molecule has 7 heteroatoms. The fourth-order valence-electron chi connectivity index (χ4n) is 3.43. The normalized spacial score (nSPS) is 14.2. The highest BCUT2D eigenvalue weighted by Gasteiger charge is 2.22. The molecule has 1 aromatic carbocycles. The zero-order chi connectivity index (χ0) is 20.1. The molecule has 1 saturated heterocycles. The predicted molar refractivity (Wildman–Crippen MR) is 114 cm³/mol. The molecular formula is C21H26BrN3O3. The summed E-state index contributed by atoms with van der Waals surface area (Å²) in [6, 6.07) is 6.23. The molecule has 28 heavy (non-hydrogen) atoms. The van der Waals surface area contributed by atoms with Gasteiger partial charge in [0.2, 0.25) is 0 Å². The van der Waals surface area contributed by atoms with Crippen LogP contribution in [-0.2, 0) is 15.9 Å². The number of ether oxygens (including phenoxy) is 2. The minimum Gasteiger partial charge on any atom is -0.464 e. The molecule has 1 fully saturated rings. The first kappa shape index (κ1) is 20.6. The van der Waals surface area contributed by atoms with E-state index in [1.807, 2.05) is 23.7 Å². The Morgan fingerprint density at radius 3 is 2.71 bits per heavy atom. The first-order valence-electron chi connectivity index (χ1n) is 9.46. The number of benzene rings is 1. The highest BCUT2D eigenvalue weighted by molar-refractivity contribution is 9.10. The topological polar surface area (TPSA) is 56.6 Å². The van der Waals surface area contributed by atoms with Crippen LogP contribution in [0.5, 0.6) is 0 Å². The van der Waals surface area contributed by atoms with Crippen molar-refractivity contribution in [2.45, 2.75) is 26.2 Å². The fraction of sp³-hybridized carbons (Fsp3) is 0.429. The van der Waals surface area contributed by atoms with E-state index in [2.05, 4.69) is 44.6 Å². The monoisotopic (exact) mass is 447 g/mol. The first-order valence-corrected chi connectivity index (χ1v) is 10.3. The third-order valence-corrected chi connectivity index (χ3v) is 5.39. The number of aromatic nitrogens is 2. The van der Waals surface area contributed by atoms with Gasteiger partial charge in [-0.1, -0.05) is 22.0 Å². The van der Waals surface area contributed by atoms with E-state index in [-0.39, 0.29) is 0 Å². The number of unbranched alkanes of at least 4 members (excludes halogenated alkanes) is 1. The number of rotatable bonds is 7. The van der Waals surface area contributed by atoms with Gasteiger partial charge in [-0.15, -0.1) is 6.58 Å². The third kappa shape index (κ3) is 4.47. The van der Waals surface area contributed by atoms with Gasteiger partial charge in [0.15, 0.2) is 5.69 Å². The molecule has 0 spiro atoms. The predicted octanol–water partition coefficient (Wildman–Crippen LogP) is 4.08. The molecule has 3 rings (SSSR count). The van der Waals surface area contributed by atoms with Crippen LogP contribution in [0, 0.1) is 6.92 Å². The average Bonchev–Trinajstić information content (AvgIpc) is 3.04. The van der Waals surface area contributed by atoms with Gasteiger partial charge in [0, 0.05) is 34.5 Å². The van der Waals surface area contributed by atoms with E-state index >= 15 is 0 Å². The van der Waals surface area contributed by atoms with Crippen molar-refractivity contribution in [1.82, 2.24) is 9.78 Å². The van der Waals surface area contributed by atoms with Crippen molar-refractivity contribution in [2.75, 3.05) is 38.3 Å². The van der Waals surface area contributed by atoms with E-state index in [0.717, 1.165) is 72.7 Å². The molecule has 150 valence electrons. The van der Waals surface area contributed by atoms with E-state index in [9.17, 15) is 4.79 Å². The van der Waals surface area contributed by atoms with Crippen molar-refractivity contribution < 1.29 is 14.3 Å². The van der Waals surface area contributed by atoms with Gasteiger partial charge in [-0.25, -0.2) is 9.48 Å². The molecule has 0 aliphatic carbocycles. The highest BCUT2D eigenvalue weighted by Crippen LogP contribution is 2.28. The minimum atomic E-state index is -0.412. The van der Waals surface area contributed by atoms with E-state index in [4.69, 9.17) is 9.47 Å². The Kier molecular flexibility index (Phi) is 6.91. The lowest BCUT2D eigenvalue weighted by Gasteiger charge is -2.29. The number of anilines is 1. The van der Waals surface area contributed by atoms with Crippen LogP contribution in [-0.4, -0.2) is 49.2 Å². The summed E-state index contributed by atoms with van der Waals surface area (Å²) < 4.78 is 13.2. The van der Waals surface area contributed by atoms with Crippen molar-refractivity contribution in [3.8, 4) is 5.69 Å². The number of allylic oxidation sites excluding steroid dienone is 1. The Balaban J connectivity index is 2.04. The quantitative estimate of drug-likeness (QED) is 0.363. The molecule has 1 aliphatic rings. The van der Waals surface area contributed by atoms with Crippen molar-refractivity contribution in [3.63, 3.8) is 0 Å². The summed E-state index contributed by atoms with van der Waals surface area (Å²) in [5, 5.41) is 4.61. The molecule has 0 radical (unpaired) electrons. The third-order valence-electron chi connectivity index (χ3n) is 4.93. The number of esters is 1. The number of nitrogens with zero attached hydrogens (tertiary/aromatic N) is 3.